The number of piperidine rings is 1. The third-order valence-electron chi connectivity index (χ3n) is 8.53. The van der Waals surface area contributed by atoms with Crippen molar-refractivity contribution in [2.75, 3.05) is 13.1 Å². The molecule has 2 aromatic rings. The molecule has 2 aliphatic rings. The van der Waals surface area contributed by atoms with E-state index in [0.717, 1.165) is 48.1 Å². The number of benzene rings is 2. The minimum atomic E-state index is -0.871. The minimum absolute atomic E-state index is 0.0555. The Hall–Kier alpha value is -3.32. The predicted molar refractivity (Wildman–Crippen MR) is 169 cm³/mol. The molecule has 0 aromatic heterocycles. The van der Waals surface area contributed by atoms with Crippen LogP contribution in [-0.2, 0) is 30.3 Å². The predicted octanol–water partition coefficient (Wildman–Crippen LogP) is 7.83. The summed E-state index contributed by atoms with van der Waals surface area (Å²) in [5, 5.41) is 0. The molecule has 2 fully saturated rings. The number of carbonyl (C=O) groups excluding carboxylic acids is 2. The number of carbonyl (C=O) groups is 2. The van der Waals surface area contributed by atoms with Crippen molar-refractivity contribution < 1.29 is 28.5 Å². The molecule has 0 spiro atoms. The van der Waals surface area contributed by atoms with Gasteiger partial charge in [-0.05, 0) is 115 Å². The lowest BCUT2D eigenvalue weighted by molar-refractivity contribution is -0.153. The fourth-order valence-corrected chi connectivity index (χ4v) is 6.65. The van der Waals surface area contributed by atoms with Gasteiger partial charge >= 0.3 is 6.09 Å². The van der Waals surface area contributed by atoms with Gasteiger partial charge in [0, 0.05) is 13.1 Å². The van der Waals surface area contributed by atoms with E-state index in [4.69, 9.17) is 18.9 Å². The Labute approximate surface area is 257 Å². The summed E-state index contributed by atoms with van der Waals surface area (Å²) in [7, 11) is 0. The van der Waals surface area contributed by atoms with E-state index >= 15 is 0 Å². The van der Waals surface area contributed by atoms with Gasteiger partial charge in [0.1, 0.15) is 18.0 Å². The Morgan fingerprint density at radius 3 is 2.09 bits per heavy atom. The molecule has 1 saturated heterocycles. The molecule has 0 radical (unpaired) electrons. The first-order valence-electron chi connectivity index (χ1n) is 15.6. The number of hydrogen-bond acceptors (Lipinski definition) is 6. The molecule has 1 heterocycles. The molecule has 7 nitrogen and oxygen atoms in total. The first-order chi connectivity index (χ1) is 20.4. The van der Waals surface area contributed by atoms with Gasteiger partial charge in [-0.3, -0.25) is 4.79 Å². The van der Waals surface area contributed by atoms with Crippen LogP contribution in [0.2, 0.25) is 0 Å². The van der Waals surface area contributed by atoms with Crippen molar-refractivity contribution in [3.63, 3.8) is 0 Å². The van der Waals surface area contributed by atoms with Gasteiger partial charge in [-0.2, -0.15) is 0 Å². The maximum atomic E-state index is 12.5. The Morgan fingerprint density at radius 2 is 1.53 bits per heavy atom. The third kappa shape index (κ3) is 8.41. The molecule has 234 valence electrons. The largest absolute Gasteiger partial charge is 0.489 e. The molecular weight excluding hydrogens is 542 g/mol. The van der Waals surface area contributed by atoms with Gasteiger partial charge in [-0.15, -0.1) is 0 Å². The van der Waals surface area contributed by atoms with E-state index in [1.54, 1.807) is 4.90 Å². The van der Waals surface area contributed by atoms with Crippen LogP contribution < -0.4 is 0 Å². The summed E-state index contributed by atoms with van der Waals surface area (Å²) in [5.74, 6) is 0.725. The van der Waals surface area contributed by atoms with Gasteiger partial charge in [-0.1, -0.05) is 48.0 Å². The lowest BCUT2D eigenvalue weighted by atomic mass is 9.78. The van der Waals surface area contributed by atoms with E-state index in [1.807, 2.05) is 51.1 Å². The van der Waals surface area contributed by atoms with Gasteiger partial charge in [-0.25, -0.2) is 4.79 Å². The van der Waals surface area contributed by atoms with Crippen LogP contribution >= 0.6 is 0 Å². The van der Waals surface area contributed by atoms with Gasteiger partial charge in [0.2, 0.25) is 0 Å². The van der Waals surface area contributed by atoms with Crippen molar-refractivity contribution in [1.29, 1.82) is 0 Å². The fraction of sp³-hybridized carbons (Fsp3) is 0.556. The molecule has 0 atom stereocenters. The van der Waals surface area contributed by atoms with Crippen molar-refractivity contribution >= 4 is 18.1 Å². The van der Waals surface area contributed by atoms with Gasteiger partial charge < -0.3 is 23.8 Å². The fourth-order valence-electron chi connectivity index (χ4n) is 6.65. The highest BCUT2D eigenvalue weighted by atomic mass is 16.6. The zero-order valence-corrected chi connectivity index (χ0v) is 27.0. The number of amides is 1. The first kappa shape index (κ1) is 32.6. The molecular formula is C36H49NO6. The van der Waals surface area contributed by atoms with Crippen LogP contribution in [0.5, 0.6) is 0 Å². The maximum absolute atomic E-state index is 12.5. The average Bonchev–Trinajstić information content (AvgIpc) is 2.94. The van der Waals surface area contributed by atoms with E-state index in [9.17, 15) is 9.59 Å². The highest BCUT2D eigenvalue weighted by Gasteiger charge is 2.44. The molecule has 4 rings (SSSR count). The van der Waals surface area contributed by atoms with Crippen molar-refractivity contribution in [3.8, 4) is 0 Å². The van der Waals surface area contributed by atoms with Crippen LogP contribution in [0.15, 0.2) is 48.2 Å². The molecule has 1 aliphatic carbocycles. The van der Waals surface area contributed by atoms with Crippen molar-refractivity contribution in [2.24, 2.45) is 0 Å². The Kier molecular flexibility index (Phi) is 10.6. The Balaban J connectivity index is 1.50. The summed E-state index contributed by atoms with van der Waals surface area (Å²) >= 11 is 0. The van der Waals surface area contributed by atoms with E-state index in [-0.39, 0.29) is 18.3 Å². The summed E-state index contributed by atoms with van der Waals surface area (Å²) in [4.78, 5) is 26.2. The van der Waals surface area contributed by atoms with Crippen LogP contribution in [-0.4, -0.2) is 54.0 Å². The first-order valence-corrected chi connectivity index (χ1v) is 15.6. The highest BCUT2D eigenvalue weighted by molar-refractivity contribution is 5.73. The van der Waals surface area contributed by atoms with Crippen LogP contribution in [0.3, 0.4) is 0 Å². The Morgan fingerprint density at radius 1 is 0.953 bits per heavy atom. The Bertz CT molecular complexity index is 1260. The monoisotopic (exact) mass is 591 g/mol. The molecule has 1 saturated carbocycles. The second kappa shape index (κ2) is 14.0. The lowest BCUT2D eigenvalue weighted by Gasteiger charge is -2.42. The molecule has 1 aliphatic heterocycles. The summed E-state index contributed by atoms with van der Waals surface area (Å²) in [6.45, 7) is 16.3. The van der Waals surface area contributed by atoms with Crippen molar-refractivity contribution in [2.45, 2.75) is 117 Å². The van der Waals surface area contributed by atoms with Crippen LogP contribution in [0.1, 0.15) is 94.0 Å². The number of rotatable bonds is 9. The highest BCUT2D eigenvalue weighted by Crippen LogP contribution is 2.43. The SMILES string of the molecule is C/C(=C(/OCc1ccccc1)C1(OC=O)CCC(OC2CCN(C(=O)OC(C)(C)C)CC2)CC1)c1c(C)cc(C)cc1C. The quantitative estimate of drug-likeness (QED) is 0.219. The standard InChI is InChI=1S/C36H49NO6/c1-25-21-26(2)32(27(3)22-25)28(4)33(40-23-29-11-9-8-10-12-29)36(41-24-38)17-13-30(14-18-36)42-31-15-19-37(20-16-31)34(39)43-35(5,6)7/h8-12,21-22,24,30-31H,13-20,23H2,1-7H3/b33-28-. The number of ether oxygens (including phenoxy) is 4. The second-order valence-electron chi connectivity index (χ2n) is 13.2. The summed E-state index contributed by atoms with van der Waals surface area (Å²) < 4.78 is 24.7. The zero-order valence-electron chi connectivity index (χ0n) is 27.0. The van der Waals surface area contributed by atoms with Crippen LogP contribution in [0.25, 0.3) is 5.57 Å². The number of hydrogen-bond donors (Lipinski definition) is 0. The van der Waals surface area contributed by atoms with E-state index in [1.165, 1.54) is 16.7 Å². The molecule has 2 aromatic carbocycles. The third-order valence-corrected chi connectivity index (χ3v) is 8.53. The summed E-state index contributed by atoms with van der Waals surface area (Å²) in [6, 6.07) is 14.5. The number of nitrogens with zero attached hydrogens (tertiary/aromatic N) is 1. The van der Waals surface area contributed by atoms with E-state index in [0.29, 0.717) is 39.0 Å². The summed E-state index contributed by atoms with van der Waals surface area (Å²) in [6.07, 6.45) is 4.16. The summed E-state index contributed by atoms with van der Waals surface area (Å²) in [5.41, 5.74) is 5.38. The number of aryl methyl sites for hydroxylation is 3. The molecule has 0 N–H and O–H groups in total. The van der Waals surface area contributed by atoms with Crippen LogP contribution in [0, 0.1) is 20.8 Å². The van der Waals surface area contributed by atoms with Crippen molar-refractivity contribution in [3.05, 3.63) is 76.0 Å². The minimum Gasteiger partial charge on any atom is -0.489 e. The molecule has 0 unspecified atom stereocenters. The molecule has 7 heteroatoms. The van der Waals surface area contributed by atoms with Gasteiger partial charge in [0.15, 0.2) is 5.60 Å². The number of likely N-dealkylation sites (tertiary alicyclic amines) is 1. The zero-order chi connectivity index (χ0) is 31.2. The van der Waals surface area contributed by atoms with E-state index in [2.05, 4.69) is 39.8 Å². The normalized spacial score (nSPS) is 22.0. The molecule has 0 bridgehead atoms. The van der Waals surface area contributed by atoms with E-state index < -0.39 is 11.2 Å². The van der Waals surface area contributed by atoms with Crippen LogP contribution in [0.4, 0.5) is 4.79 Å². The van der Waals surface area contributed by atoms with Gasteiger partial charge in [0.05, 0.1) is 12.2 Å². The van der Waals surface area contributed by atoms with Crippen molar-refractivity contribution in [1.82, 2.24) is 4.90 Å². The topological polar surface area (TPSA) is 74.3 Å². The molecule has 1 amide bonds. The molecule has 43 heavy (non-hydrogen) atoms. The second-order valence-corrected chi connectivity index (χ2v) is 13.2. The number of allylic oxidation sites excluding steroid dienone is 1. The smallest absolute Gasteiger partial charge is 0.410 e. The average molecular weight is 592 g/mol. The lowest BCUT2D eigenvalue weighted by Crippen LogP contribution is -2.46. The maximum Gasteiger partial charge on any atom is 0.410 e. The van der Waals surface area contributed by atoms with Gasteiger partial charge in [0.25, 0.3) is 6.47 Å².